The van der Waals surface area contributed by atoms with E-state index >= 15 is 0 Å². The van der Waals surface area contributed by atoms with E-state index in [1.54, 1.807) is 0 Å². The van der Waals surface area contributed by atoms with Crippen LogP contribution in [0.3, 0.4) is 0 Å². The number of pyridine rings is 1. The molecule has 0 N–H and O–H groups in total. The molecule has 17 heavy (non-hydrogen) atoms. The summed E-state index contributed by atoms with van der Waals surface area (Å²) in [6.07, 6.45) is 4.83. The number of benzene rings is 1. The van der Waals surface area contributed by atoms with Crippen LogP contribution in [0.1, 0.15) is 30.9 Å². The Morgan fingerprint density at radius 1 is 0.941 bits per heavy atom. The van der Waals surface area contributed by atoms with Crippen molar-refractivity contribution in [2.75, 3.05) is 0 Å². The molecule has 0 aliphatic carbocycles. The van der Waals surface area contributed by atoms with E-state index in [0.29, 0.717) is 11.8 Å². The highest BCUT2D eigenvalue weighted by molar-refractivity contribution is 5.23. The number of hydrogen-bond donors (Lipinski definition) is 0. The van der Waals surface area contributed by atoms with Gasteiger partial charge in [-0.1, -0.05) is 44.2 Å². The maximum atomic E-state index is 4.07. The van der Waals surface area contributed by atoms with E-state index in [-0.39, 0.29) is 0 Å². The zero-order valence-electron chi connectivity index (χ0n) is 10.5. The fourth-order valence-corrected chi connectivity index (χ4v) is 2.21. The second kappa shape index (κ2) is 5.62. The van der Waals surface area contributed by atoms with Crippen LogP contribution in [0.4, 0.5) is 0 Å². The lowest BCUT2D eigenvalue weighted by atomic mass is 9.84. The Labute approximate surface area is 104 Å². The molecule has 2 aromatic rings. The Morgan fingerprint density at radius 2 is 1.59 bits per heavy atom. The van der Waals surface area contributed by atoms with Gasteiger partial charge < -0.3 is 0 Å². The summed E-state index contributed by atoms with van der Waals surface area (Å²) < 4.78 is 0. The minimum Gasteiger partial charge on any atom is -0.265 e. The highest BCUT2D eigenvalue weighted by Crippen LogP contribution is 2.27. The molecule has 1 heteroatoms. The molecule has 1 nitrogen and oxygen atoms in total. The molecule has 0 amide bonds. The summed E-state index contributed by atoms with van der Waals surface area (Å²) in [5.41, 5.74) is 2.79. The zero-order chi connectivity index (χ0) is 12.1. The van der Waals surface area contributed by atoms with Gasteiger partial charge in [-0.05, 0) is 41.5 Å². The van der Waals surface area contributed by atoms with Crippen LogP contribution < -0.4 is 0 Å². The van der Waals surface area contributed by atoms with Gasteiger partial charge >= 0.3 is 0 Å². The van der Waals surface area contributed by atoms with Crippen LogP contribution >= 0.6 is 0 Å². The van der Waals surface area contributed by atoms with E-state index in [2.05, 4.69) is 61.3 Å². The third-order valence-corrected chi connectivity index (χ3v) is 3.24. The van der Waals surface area contributed by atoms with Crippen molar-refractivity contribution < 1.29 is 0 Å². The van der Waals surface area contributed by atoms with Gasteiger partial charge in [0.2, 0.25) is 0 Å². The topological polar surface area (TPSA) is 12.9 Å². The van der Waals surface area contributed by atoms with Crippen LogP contribution in [-0.2, 0) is 6.42 Å². The Balaban J connectivity index is 2.20. The molecule has 2 rings (SSSR count). The standard InChI is InChI=1S/C16H19N/c1-13(2)16(15-6-4-3-5-7-15)12-14-8-10-17-11-9-14/h3-11,13,16H,12H2,1-2H3. The second-order valence-corrected chi connectivity index (χ2v) is 4.82. The maximum absolute atomic E-state index is 4.07. The minimum atomic E-state index is 0.582. The lowest BCUT2D eigenvalue weighted by molar-refractivity contribution is 0.495. The van der Waals surface area contributed by atoms with Gasteiger partial charge in [-0.3, -0.25) is 4.98 Å². The van der Waals surface area contributed by atoms with E-state index in [1.807, 2.05) is 12.4 Å². The average Bonchev–Trinajstić information content (AvgIpc) is 2.38. The lowest BCUT2D eigenvalue weighted by Crippen LogP contribution is -2.10. The fourth-order valence-electron chi connectivity index (χ4n) is 2.21. The molecule has 0 bridgehead atoms. The molecule has 1 aromatic carbocycles. The zero-order valence-corrected chi connectivity index (χ0v) is 10.5. The molecule has 0 spiro atoms. The number of rotatable bonds is 4. The van der Waals surface area contributed by atoms with Crippen LogP contribution in [-0.4, -0.2) is 4.98 Å². The van der Waals surface area contributed by atoms with E-state index in [0.717, 1.165) is 6.42 Å². The Morgan fingerprint density at radius 3 is 2.18 bits per heavy atom. The van der Waals surface area contributed by atoms with Crippen molar-refractivity contribution in [3.05, 3.63) is 66.0 Å². The molecule has 0 aliphatic heterocycles. The van der Waals surface area contributed by atoms with Gasteiger partial charge in [-0.15, -0.1) is 0 Å². The molecule has 0 aliphatic rings. The maximum Gasteiger partial charge on any atom is 0.0270 e. The first-order chi connectivity index (χ1) is 8.27. The number of hydrogen-bond acceptors (Lipinski definition) is 1. The highest BCUT2D eigenvalue weighted by atomic mass is 14.6. The van der Waals surface area contributed by atoms with Crippen LogP contribution in [0.2, 0.25) is 0 Å². The van der Waals surface area contributed by atoms with Crippen molar-refractivity contribution in [1.29, 1.82) is 0 Å². The van der Waals surface area contributed by atoms with Crippen LogP contribution in [0, 0.1) is 5.92 Å². The molecule has 1 atom stereocenters. The number of nitrogens with zero attached hydrogens (tertiary/aromatic N) is 1. The largest absolute Gasteiger partial charge is 0.265 e. The van der Waals surface area contributed by atoms with Crippen LogP contribution in [0.5, 0.6) is 0 Å². The first-order valence-electron chi connectivity index (χ1n) is 6.21. The quantitative estimate of drug-likeness (QED) is 0.764. The molecule has 1 unspecified atom stereocenters. The van der Waals surface area contributed by atoms with Crippen molar-refractivity contribution in [1.82, 2.24) is 4.98 Å². The summed E-state index contributed by atoms with van der Waals surface area (Å²) in [5, 5.41) is 0. The molecule has 0 saturated carbocycles. The van der Waals surface area contributed by atoms with Crippen molar-refractivity contribution in [3.8, 4) is 0 Å². The van der Waals surface area contributed by atoms with E-state index < -0.39 is 0 Å². The Bertz CT molecular complexity index is 434. The summed E-state index contributed by atoms with van der Waals surface area (Å²) >= 11 is 0. The third-order valence-electron chi connectivity index (χ3n) is 3.24. The summed E-state index contributed by atoms with van der Waals surface area (Å²) in [7, 11) is 0. The summed E-state index contributed by atoms with van der Waals surface area (Å²) in [4.78, 5) is 4.07. The molecule has 1 heterocycles. The van der Waals surface area contributed by atoms with Crippen molar-refractivity contribution in [2.24, 2.45) is 5.92 Å². The van der Waals surface area contributed by atoms with Crippen molar-refractivity contribution in [3.63, 3.8) is 0 Å². The predicted molar refractivity (Wildman–Crippen MR) is 72.0 cm³/mol. The van der Waals surface area contributed by atoms with Gasteiger partial charge in [0.25, 0.3) is 0 Å². The first-order valence-corrected chi connectivity index (χ1v) is 6.21. The van der Waals surface area contributed by atoms with Gasteiger partial charge in [0.15, 0.2) is 0 Å². The predicted octanol–water partition coefficient (Wildman–Crippen LogP) is 4.06. The summed E-state index contributed by atoms with van der Waals surface area (Å²) in [6, 6.07) is 15.0. The van der Waals surface area contributed by atoms with Gasteiger partial charge in [0.1, 0.15) is 0 Å². The SMILES string of the molecule is CC(C)C(Cc1ccncc1)c1ccccc1. The molecule has 88 valence electrons. The monoisotopic (exact) mass is 225 g/mol. The highest BCUT2D eigenvalue weighted by Gasteiger charge is 2.15. The second-order valence-electron chi connectivity index (χ2n) is 4.82. The Kier molecular flexibility index (Phi) is 3.92. The van der Waals surface area contributed by atoms with Gasteiger partial charge in [0, 0.05) is 12.4 Å². The lowest BCUT2D eigenvalue weighted by Gasteiger charge is -2.21. The molecule has 1 aromatic heterocycles. The smallest absolute Gasteiger partial charge is 0.0270 e. The van der Waals surface area contributed by atoms with Crippen LogP contribution in [0.15, 0.2) is 54.9 Å². The average molecular weight is 225 g/mol. The fraction of sp³-hybridized carbons (Fsp3) is 0.312. The van der Waals surface area contributed by atoms with Crippen molar-refractivity contribution >= 4 is 0 Å². The van der Waals surface area contributed by atoms with Gasteiger partial charge in [0.05, 0.1) is 0 Å². The Hall–Kier alpha value is -1.63. The molecule has 0 radical (unpaired) electrons. The molecule has 0 saturated heterocycles. The first kappa shape index (κ1) is 11.8. The van der Waals surface area contributed by atoms with Gasteiger partial charge in [-0.25, -0.2) is 0 Å². The molecular formula is C16H19N. The van der Waals surface area contributed by atoms with E-state index in [1.165, 1.54) is 11.1 Å². The van der Waals surface area contributed by atoms with Crippen LogP contribution in [0.25, 0.3) is 0 Å². The normalized spacial score (nSPS) is 12.6. The number of aromatic nitrogens is 1. The van der Waals surface area contributed by atoms with Gasteiger partial charge in [-0.2, -0.15) is 0 Å². The van der Waals surface area contributed by atoms with Crippen molar-refractivity contribution in [2.45, 2.75) is 26.2 Å². The third kappa shape index (κ3) is 3.16. The van der Waals surface area contributed by atoms with E-state index in [9.17, 15) is 0 Å². The van der Waals surface area contributed by atoms with E-state index in [4.69, 9.17) is 0 Å². The molecule has 0 fully saturated rings. The minimum absolute atomic E-state index is 0.582. The summed E-state index contributed by atoms with van der Waals surface area (Å²) in [6.45, 7) is 4.58. The molecular weight excluding hydrogens is 206 g/mol. The summed E-state index contributed by atoms with van der Waals surface area (Å²) in [5.74, 6) is 1.23.